The van der Waals surface area contributed by atoms with Gasteiger partial charge in [-0.3, -0.25) is 9.59 Å². The summed E-state index contributed by atoms with van der Waals surface area (Å²) in [5, 5.41) is 0. The van der Waals surface area contributed by atoms with Crippen LogP contribution in [0.2, 0.25) is 0 Å². The summed E-state index contributed by atoms with van der Waals surface area (Å²) in [5.41, 5.74) is 0.885. The van der Waals surface area contributed by atoms with Crippen LogP contribution < -0.4 is 0 Å². The van der Waals surface area contributed by atoms with E-state index in [4.69, 9.17) is 34.8 Å². The Kier molecular flexibility index (Phi) is 4.59. The number of aromatic amines is 1. The first-order valence-corrected chi connectivity index (χ1v) is 7.32. The highest BCUT2D eigenvalue weighted by molar-refractivity contribution is 9.10. The second-order valence-electron chi connectivity index (χ2n) is 3.97. The van der Waals surface area contributed by atoms with E-state index in [0.29, 0.717) is 11.1 Å². The Bertz CT molecular complexity index is 676. The monoisotopic (exact) mass is 393 g/mol. The Morgan fingerprint density at radius 3 is 2.40 bits per heavy atom. The molecule has 0 bridgehead atoms. The average Bonchev–Trinajstić information content (AvgIpc) is 2.85. The summed E-state index contributed by atoms with van der Waals surface area (Å²) in [7, 11) is 0. The van der Waals surface area contributed by atoms with Crippen molar-refractivity contribution in [2.45, 2.75) is 3.79 Å². The molecule has 20 heavy (non-hydrogen) atoms. The number of hydrogen-bond acceptors (Lipinski definition) is 2. The normalized spacial score (nSPS) is 11.4. The molecule has 2 rings (SSSR count). The zero-order valence-electron chi connectivity index (χ0n) is 9.79. The van der Waals surface area contributed by atoms with Gasteiger partial charge < -0.3 is 4.98 Å². The molecule has 0 amide bonds. The Hall–Kier alpha value is -0.810. The molecule has 0 atom stereocenters. The van der Waals surface area contributed by atoms with E-state index in [1.807, 2.05) is 6.07 Å². The Morgan fingerprint density at radius 2 is 1.80 bits per heavy atom. The lowest BCUT2D eigenvalue weighted by molar-refractivity contribution is 0.0992. The van der Waals surface area contributed by atoms with Crippen LogP contribution in [0.25, 0.3) is 0 Å². The number of Topliss-reactive ketones (excluding diaryl/α,β-unsaturated/α-hetero) is 1. The van der Waals surface area contributed by atoms with Crippen molar-refractivity contribution in [3.63, 3.8) is 0 Å². The van der Waals surface area contributed by atoms with Gasteiger partial charge in [-0.1, -0.05) is 62.9 Å². The summed E-state index contributed by atoms with van der Waals surface area (Å²) >= 11 is 19.8. The van der Waals surface area contributed by atoms with Crippen LogP contribution >= 0.6 is 50.7 Å². The number of H-pyrrole nitrogens is 1. The lowest BCUT2D eigenvalue weighted by Crippen LogP contribution is -2.19. The highest BCUT2D eigenvalue weighted by atomic mass is 79.9. The highest BCUT2D eigenvalue weighted by Gasteiger charge is 2.33. The topological polar surface area (TPSA) is 49.9 Å². The second kappa shape index (κ2) is 5.90. The van der Waals surface area contributed by atoms with Gasteiger partial charge in [0, 0.05) is 21.8 Å². The molecule has 1 aromatic heterocycles. The van der Waals surface area contributed by atoms with E-state index in [-0.39, 0.29) is 11.5 Å². The summed E-state index contributed by atoms with van der Waals surface area (Å²) in [5.74, 6) is -0.943. The summed E-state index contributed by atoms with van der Waals surface area (Å²) in [6.45, 7) is 0. The van der Waals surface area contributed by atoms with Crippen LogP contribution in [0.4, 0.5) is 0 Å². The van der Waals surface area contributed by atoms with E-state index in [2.05, 4.69) is 20.9 Å². The third-order valence-electron chi connectivity index (χ3n) is 2.53. The lowest BCUT2D eigenvalue weighted by atomic mass is 10.1. The van der Waals surface area contributed by atoms with Crippen molar-refractivity contribution in [2.24, 2.45) is 0 Å². The van der Waals surface area contributed by atoms with E-state index in [9.17, 15) is 9.59 Å². The molecule has 0 saturated carbocycles. The maximum atomic E-state index is 12.2. The van der Waals surface area contributed by atoms with Crippen molar-refractivity contribution in [3.05, 3.63) is 57.8 Å². The molecule has 7 heteroatoms. The number of rotatable bonds is 3. The molecule has 0 aliphatic carbocycles. The van der Waals surface area contributed by atoms with Crippen LogP contribution in [0.15, 0.2) is 41.0 Å². The smallest absolute Gasteiger partial charge is 0.254 e. The third kappa shape index (κ3) is 3.44. The fourth-order valence-corrected chi connectivity index (χ4v) is 2.31. The van der Waals surface area contributed by atoms with E-state index in [1.165, 1.54) is 12.3 Å². The van der Waals surface area contributed by atoms with Crippen molar-refractivity contribution in [3.8, 4) is 0 Å². The number of carbonyl (C=O) groups excluding carboxylic acids is 2. The predicted octanol–water partition coefficient (Wildman–Crippen LogP) is 4.56. The number of carbonyl (C=O) groups is 2. The standard InChI is InChI=1S/C13H7BrCl3NO2/c14-9-3-1-2-7(4-9)11(19)8-5-10(18-6-8)12(20)13(15,16)17/h1-6,18H. The molecule has 0 aliphatic heterocycles. The Balaban J connectivity index is 2.30. The number of alkyl halides is 3. The van der Waals surface area contributed by atoms with Gasteiger partial charge in [0.1, 0.15) is 0 Å². The number of ketones is 2. The van der Waals surface area contributed by atoms with Gasteiger partial charge in [0.2, 0.25) is 5.78 Å². The third-order valence-corrected chi connectivity index (χ3v) is 3.54. The van der Waals surface area contributed by atoms with Crippen LogP contribution in [0, 0.1) is 0 Å². The van der Waals surface area contributed by atoms with Crippen molar-refractivity contribution in [2.75, 3.05) is 0 Å². The quantitative estimate of drug-likeness (QED) is 0.612. The van der Waals surface area contributed by atoms with E-state index < -0.39 is 9.58 Å². The van der Waals surface area contributed by atoms with E-state index in [1.54, 1.807) is 18.2 Å². The van der Waals surface area contributed by atoms with Gasteiger partial charge in [0.25, 0.3) is 3.79 Å². The van der Waals surface area contributed by atoms with Gasteiger partial charge in [-0.05, 0) is 18.2 Å². The fraction of sp³-hybridized carbons (Fsp3) is 0.0769. The Morgan fingerprint density at radius 1 is 1.10 bits per heavy atom. The first kappa shape index (κ1) is 15.6. The molecule has 0 unspecified atom stereocenters. The summed E-state index contributed by atoms with van der Waals surface area (Å²) in [4.78, 5) is 26.6. The molecule has 2 aromatic rings. The zero-order valence-corrected chi connectivity index (χ0v) is 13.6. The number of aromatic nitrogens is 1. The van der Waals surface area contributed by atoms with Crippen molar-refractivity contribution >= 4 is 62.3 Å². The molecule has 0 saturated heterocycles. The summed E-state index contributed by atoms with van der Waals surface area (Å²) in [6.07, 6.45) is 1.41. The van der Waals surface area contributed by atoms with E-state index >= 15 is 0 Å². The molecule has 1 aromatic carbocycles. The molecule has 1 heterocycles. The molecular formula is C13H7BrCl3NO2. The first-order valence-electron chi connectivity index (χ1n) is 5.39. The number of halogens is 4. The predicted molar refractivity (Wildman–Crippen MR) is 83.0 cm³/mol. The summed E-state index contributed by atoms with van der Waals surface area (Å²) < 4.78 is -1.27. The van der Waals surface area contributed by atoms with Gasteiger partial charge >= 0.3 is 0 Å². The molecule has 104 valence electrons. The fourth-order valence-electron chi connectivity index (χ4n) is 1.61. The van der Waals surface area contributed by atoms with Gasteiger partial charge in [-0.2, -0.15) is 0 Å². The summed E-state index contributed by atoms with van der Waals surface area (Å²) in [6, 6.07) is 8.29. The minimum absolute atomic E-state index is 0.0725. The second-order valence-corrected chi connectivity index (χ2v) is 7.17. The number of nitrogens with one attached hydrogen (secondary N) is 1. The van der Waals surface area contributed by atoms with Gasteiger partial charge in [0.15, 0.2) is 5.78 Å². The lowest BCUT2D eigenvalue weighted by Gasteiger charge is -2.06. The van der Waals surface area contributed by atoms with Crippen molar-refractivity contribution in [1.29, 1.82) is 0 Å². The van der Waals surface area contributed by atoms with Gasteiger partial charge in [0.05, 0.1) is 5.69 Å². The van der Waals surface area contributed by atoms with Gasteiger partial charge in [-0.25, -0.2) is 0 Å². The van der Waals surface area contributed by atoms with E-state index in [0.717, 1.165) is 4.47 Å². The molecule has 0 spiro atoms. The Labute approximate surface area is 138 Å². The number of hydrogen-bond donors (Lipinski definition) is 1. The molecule has 0 radical (unpaired) electrons. The average molecular weight is 395 g/mol. The highest BCUT2D eigenvalue weighted by Crippen LogP contribution is 2.30. The first-order chi connectivity index (χ1) is 9.29. The number of benzene rings is 1. The maximum Gasteiger partial charge on any atom is 0.254 e. The van der Waals surface area contributed by atoms with Gasteiger partial charge in [-0.15, -0.1) is 0 Å². The zero-order chi connectivity index (χ0) is 14.9. The van der Waals surface area contributed by atoms with Crippen LogP contribution in [-0.4, -0.2) is 20.3 Å². The largest absolute Gasteiger partial charge is 0.358 e. The van der Waals surface area contributed by atoms with Crippen molar-refractivity contribution < 1.29 is 9.59 Å². The van der Waals surface area contributed by atoms with Crippen LogP contribution in [0.3, 0.4) is 0 Å². The molecule has 0 aliphatic rings. The van der Waals surface area contributed by atoms with Crippen LogP contribution in [0.1, 0.15) is 26.4 Å². The molecule has 0 fully saturated rings. The molecule has 1 N–H and O–H groups in total. The minimum Gasteiger partial charge on any atom is -0.358 e. The molecule has 3 nitrogen and oxygen atoms in total. The van der Waals surface area contributed by atoms with Crippen molar-refractivity contribution in [1.82, 2.24) is 4.98 Å². The SMILES string of the molecule is O=C(c1cccc(Br)c1)c1c[nH]c(C(=O)C(Cl)(Cl)Cl)c1. The molecular weight excluding hydrogens is 388 g/mol. The van der Waals surface area contributed by atoms with Crippen LogP contribution in [-0.2, 0) is 0 Å². The van der Waals surface area contributed by atoms with Crippen LogP contribution in [0.5, 0.6) is 0 Å². The maximum absolute atomic E-state index is 12.2. The minimum atomic E-state index is -2.05.